The Balaban J connectivity index is 2.17. The van der Waals surface area contributed by atoms with Gasteiger partial charge >= 0.3 is 0 Å². The van der Waals surface area contributed by atoms with Gasteiger partial charge in [0, 0.05) is 12.2 Å². The molecule has 0 saturated heterocycles. The van der Waals surface area contributed by atoms with Gasteiger partial charge in [-0.15, -0.1) is 0 Å². The zero-order valence-electron chi connectivity index (χ0n) is 7.90. The molecule has 1 heterocycles. The molecule has 68 valence electrons. The van der Waals surface area contributed by atoms with Crippen LogP contribution in [0.15, 0.2) is 12.1 Å². The van der Waals surface area contributed by atoms with Gasteiger partial charge in [0.1, 0.15) is 0 Å². The van der Waals surface area contributed by atoms with Crippen molar-refractivity contribution in [3.05, 3.63) is 28.8 Å². The third-order valence-corrected chi connectivity index (χ3v) is 3.29. The molecule has 0 bridgehead atoms. The Kier molecular flexibility index (Phi) is 1.58. The summed E-state index contributed by atoms with van der Waals surface area (Å²) in [6, 6.07) is 4.67. The standard InChI is InChI=1S/C12H15N/c1-3-9-6-7-10-4-2-8-13-12(10)11(9)5-1/h6-7,13H,1-5,8H2. The molecule has 0 atom stereocenters. The van der Waals surface area contributed by atoms with E-state index in [2.05, 4.69) is 17.4 Å². The molecule has 0 radical (unpaired) electrons. The maximum atomic E-state index is 3.56. The first-order valence-corrected chi connectivity index (χ1v) is 5.32. The summed E-state index contributed by atoms with van der Waals surface area (Å²) in [5, 5.41) is 3.56. The summed E-state index contributed by atoms with van der Waals surface area (Å²) < 4.78 is 0. The molecule has 0 spiro atoms. The predicted molar refractivity (Wildman–Crippen MR) is 55.3 cm³/mol. The molecule has 1 N–H and O–H groups in total. The Morgan fingerprint density at radius 2 is 1.77 bits per heavy atom. The number of nitrogens with one attached hydrogen (secondary N) is 1. The summed E-state index contributed by atoms with van der Waals surface area (Å²) in [4.78, 5) is 0. The fraction of sp³-hybridized carbons (Fsp3) is 0.500. The lowest BCUT2D eigenvalue weighted by Crippen LogP contribution is -2.13. The molecule has 1 aliphatic heterocycles. The predicted octanol–water partition coefficient (Wildman–Crippen LogP) is 2.53. The molecule has 0 fully saturated rings. The van der Waals surface area contributed by atoms with Gasteiger partial charge < -0.3 is 5.32 Å². The lowest BCUT2D eigenvalue weighted by Gasteiger charge is -2.21. The monoisotopic (exact) mass is 173 g/mol. The first-order chi connectivity index (χ1) is 6.45. The maximum Gasteiger partial charge on any atom is 0.0408 e. The molecule has 1 aliphatic carbocycles. The van der Waals surface area contributed by atoms with Crippen LogP contribution in [0.25, 0.3) is 0 Å². The topological polar surface area (TPSA) is 12.0 Å². The van der Waals surface area contributed by atoms with Crippen molar-refractivity contribution in [2.75, 3.05) is 11.9 Å². The molecule has 2 aliphatic rings. The van der Waals surface area contributed by atoms with Crippen molar-refractivity contribution in [3.8, 4) is 0 Å². The van der Waals surface area contributed by atoms with E-state index in [0.717, 1.165) is 0 Å². The van der Waals surface area contributed by atoms with Crippen LogP contribution in [-0.4, -0.2) is 6.54 Å². The molecule has 1 nitrogen and oxygen atoms in total. The number of hydrogen-bond acceptors (Lipinski definition) is 1. The summed E-state index contributed by atoms with van der Waals surface area (Å²) in [6.45, 7) is 1.17. The fourth-order valence-corrected chi connectivity index (χ4v) is 2.64. The number of anilines is 1. The van der Waals surface area contributed by atoms with Gasteiger partial charge in [-0.1, -0.05) is 12.1 Å². The van der Waals surface area contributed by atoms with Crippen molar-refractivity contribution >= 4 is 5.69 Å². The molecular weight excluding hydrogens is 158 g/mol. The molecule has 0 saturated carbocycles. The van der Waals surface area contributed by atoms with Gasteiger partial charge in [0.15, 0.2) is 0 Å². The molecule has 1 heteroatoms. The van der Waals surface area contributed by atoms with E-state index in [1.165, 1.54) is 44.3 Å². The minimum absolute atomic E-state index is 1.17. The highest BCUT2D eigenvalue weighted by Gasteiger charge is 2.19. The molecular formula is C12H15N. The minimum atomic E-state index is 1.17. The molecule has 0 amide bonds. The minimum Gasteiger partial charge on any atom is -0.385 e. The van der Waals surface area contributed by atoms with Crippen LogP contribution in [0.5, 0.6) is 0 Å². The Labute approximate surface area is 79.2 Å². The van der Waals surface area contributed by atoms with Gasteiger partial charge in [0.05, 0.1) is 0 Å². The van der Waals surface area contributed by atoms with Crippen LogP contribution in [-0.2, 0) is 19.3 Å². The van der Waals surface area contributed by atoms with Crippen LogP contribution in [0.3, 0.4) is 0 Å². The summed E-state index contributed by atoms with van der Waals surface area (Å²) in [5.41, 5.74) is 6.25. The molecule has 0 aromatic heterocycles. The van der Waals surface area contributed by atoms with E-state index < -0.39 is 0 Å². The van der Waals surface area contributed by atoms with Gasteiger partial charge in [-0.05, 0) is 48.8 Å². The highest BCUT2D eigenvalue weighted by molar-refractivity contribution is 5.63. The average molecular weight is 173 g/mol. The number of fused-ring (bicyclic) bond motifs is 3. The Hall–Kier alpha value is -0.980. The number of hydrogen-bond donors (Lipinski definition) is 1. The van der Waals surface area contributed by atoms with Crippen molar-refractivity contribution in [2.24, 2.45) is 0 Å². The molecule has 3 rings (SSSR count). The lowest BCUT2D eigenvalue weighted by atomic mass is 9.97. The summed E-state index contributed by atoms with van der Waals surface area (Å²) in [6.07, 6.45) is 6.52. The second kappa shape index (κ2) is 2.76. The Morgan fingerprint density at radius 1 is 0.923 bits per heavy atom. The largest absolute Gasteiger partial charge is 0.385 e. The Bertz CT molecular complexity index is 341. The number of aryl methyl sites for hydroxylation is 2. The van der Waals surface area contributed by atoms with Crippen molar-refractivity contribution in [1.82, 2.24) is 0 Å². The summed E-state index contributed by atoms with van der Waals surface area (Å²) >= 11 is 0. The normalized spacial score (nSPS) is 19.1. The van der Waals surface area contributed by atoms with Gasteiger partial charge in [-0.25, -0.2) is 0 Å². The average Bonchev–Trinajstić information content (AvgIpc) is 2.65. The van der Waals surface area contributed by atoms with E-state index in [1.54, 1.807) is 16.7 Å². The first kappa shape index (κ1) is 7.43. The van der Waals surface area contributed by atoms with E-state index in [9.17, 15) is 0 Å². The quantitative estimate of drug-likeness (QED) is 0.635. The highest BCUT2D eigenvalue weighted by Crippen LogP contribution is 2.34. The third-order valence-electron chi connectivity index (χ3n) is 3.29. The van der Waals surface area contributed by atoms with Gasteiger partial charge in [-0.2, -0.15) is 0 Å². The Morgan fingerprint density at radius 3 is 2.77 bits per heavy atom. The van der Waals surface area contributed by atoms with E-state index in [0.29, 0.717) is 0 Å². The second-order valence-electron chi connectivity index (χ2n) is 4.12. The summed E-state index contributed by atoms with van der Waals surface area (Å²) in [5.74, 6) is 0. The van der Waals surface area contributed by atoms with Crippen LogP contribution in [0.4, 0.5) is 5.69 Å². The molecule has 1 aromatic rings. The zero-order chi connectivity index (χ0) is 8.67. The number of rotatable bonds is 0. The highest BCUT2D eigenvalue weighted by atomic mass is 14.9. The van der Waals surface area contributed by atoms with E-state index in [1.807, 2.05) is 0 Å². The van der Waals surface area contributed by atoms with Crippen molar-refractivity contribution < 1.29 is 0 Å². The van der Waals surface area contributed by atoms with E-state index in [-0.39, 0.29) is 0 Å². The summed E-state index contributed by atoms with van der Waals surface area (Å²) in [7, 11) is 0. The molecule has 1 aromatic carbocycles. The van der Waals surface area contributed by atoms with E-state index in [4.69, 9.17) is 0 Å². The smallest absolute Gasteiger partial charge is 0.0408 e. The molecule has 0 unspecified atom stereocenters. The van der Waals surface area contributed by atoms with E-state index >= 15 is 0 Å². The van der Waals surface area contributed by atoms with Crippen LogP contribution in [0.2, 0.25) is 0 Å². The number of benzene rings is 1. The van der Waals surface area contributed by atoms with Crippen LogP contribution < -0.4 is 5.32 Å². The van der Waals surface area contributed by atoms with Crippen LogP contribution in [0.1, 0.15) is 29.5 Å². The first-order valence-electron chi connectivity index (χ1n) is 5.32. The van der Waals surface area contributed by atoms with Gasteiger partial charge in [0.25, 0.3) is 0 Å². The second-order valence-corrected chi connectivity index (χ2v) is 4.12. The lowest BCUT2D eigenvalue weighted by molar-refractivity contribution is 0.824. The zero-order valence-corrected chi connectivity index (χ0v) is 7.90. The van der Waals surface area contributed by atoms with Crippen LogP contribution in [0, 0.1) is 0 Å². The maximum absolute atomic E-state index is 3.56. The molecule has 13 heavy (non-hydrogen) atoms. The SMILES string of the molecule is c1cc2c(c3c1CCC3)NCCC2. The third kappa shape index (κ3) is 1.06. The van der Waals surface area contributed by atoms with Crippen molar-refractivity contribution in [2.45, 2.75) is 32.1 Å². The fourth-order valence-electron chi connectivity index (χ4n) is 2.64. The van der Waals surface area contributed by atoms with Crippen LogP contribution >= 0.6 is 0 Å². The van der Waals surface area contributed by atoms with Gasteiger partial charge in [-0.3, -0.25) is 0 Å². The van der Waals surface area contributed by atoms with Crippen molar-refractivity contribution in [3.63, 3.8) is 0 Å². The van der Waals surface area contributed by atoms with Crippen molar-refractivity contribution in [1.29, 1.82) is 0 Å². The van der Waals surface area contributed by atoms with Gasteiger partial charge in [0.2, 0.25) is 0 Å².